The zero-order valence-corrected chi connectivity index (χ0v) is 20.7. The predicted octanol–water partition coefficient (Wildman–Crippen LogP) is 3.69. The van der Waals surface area contributed by atoms with Crippen molar-refractivity contribution in [2.75, 3.05) is 7.11 Å². The highest BCUT2D eigenvalue weighted by Crippen LogP contribution is 2.35. The number of pyridine rings is 1. The van der Waals surface area contributed by atoms with E-state index in [4.69, 9.17) is 4.74 Å². The van der Waals surface area contributed by atoms with Gasteiger partial charge in [-0.05, 0) is 38.1 Å². The Balaban J connectivity index is 1.72. The van der Waals surface area contributed by atoms with Crippen LogP contribution in [0.1, 0.15) is 27.9 Å². The molecule has 0 aliphatic rings. The molecule has 0 aliphatic heterocycles. The lowest BCUT2D eigenvalue weighted by Crippen LogP contribution is -2.33. The van der Waals surface area contributed by atoms with Gasteiger partial charge in [0.2, 0.25) is 0 Å². The molecule has 10 nitrogen and oxygen atoms in total. The molecular weight excluding hydrogens is 482 g/mol. The molecular formula is C25H23N5O5S. The zero-order chi connectivity index (χ0) is 26.2. The number of nitrogens with zero attached hydrogens (tertiary/aromatic N) is 4. The van der Waals surface area contributed by atoms with Crippen molar-refractivity contribution in [2.24, 2.45) is 5.10 Å². The number of nitro groups is 1. The van der Waals surface area contributed by atoms with Crippen LogP contribution in [0.2, 0.25) is 0 Å². The second kappa shape index (κ2) is 11.9. The molecule has 0 radical (unpaired) electrons. The zero-order valence-electron chi connectivity index (χ0n) is 19.8. The molecule has 0 saturated carbocycles. The van der Waals surface area contributed by atoms with Gasteiger partial charge in [0, 0.05) is 34.9 Å². The number of carbonyl (C=O) groups is 1. The van der Waals surface area contributed by atoms with Crippen molar-refractivity contribution >= 4 is 29.6 Å². The number of nitriles is 1. The number of benzene rings is 2. The van der Waals surface area contributed by atoms with E-state index in [0.29, 0.717) is 21.7 Å². The molecule has 0 unspecified atom stereocenters. The van der Waals surface area contributed by atoms with Crippen molar-refractivity contribution in [3.05, 3.63) is 96.9 Å². The third-order valence-corrected chi connectivity index (χ3v) is 6.21. The Morgan fingerprint density at radius 3 is 2.61 bits per heavy atom. The largest absolute Gasteiger partial charge is 0.380 e. The number of carbonyl (C=O) groups excluding carboxylic acids is 1. The van der Waals surface area contributed by atoms with Gasteiger partial charge >= 0.3 is 0 Å². The number of hydrogen-bond donors (Lipinski definition) is 1. The minimum absolute atomic E-state index is 0.0850. The summed E-state index contributed by atoms with van der Waals surface area (Å²) in [4.78, 5) is 37.5. The summed E-state index contributed by atoms with van der Waals surface area (Å²) >= 11 is 1.28. The minimum atomic E-state index is -0.596. The lowest BCUT2D eigenvalue weighted by Gasteiger charge is -2.12. The fourth-order valence-corrected chi connectivity index (χ4v) is 4.26. The number of hydrazone groups is 1. The van der Waals surface area contributed by atoms with E-state index < -0.39 is 16.4 Å². The summed E-state index contributed by atoms with van der Waals surface area (Å²) in [5.41, 5.74) is 3.98. The molecule has 0 bridgehead atoms. The molecule has 1 N–H and O–H groups in total. The van der Waals surface area contributed by atoms with E-state index in [1.807, 2.05) is 37.3 Å². The van der Waals surface area contributed by atoms with Gasteiger partial charge in [-0.15, -0.1) is 0 Å². The lowest BCUT2D eigenvalue weighted by atomic mass is 10.1. The Morgan fingerprint density at radius 2 is 1.97 bits per heavy atom. The molecule has 0 spiro atoms. The van der Waals surface area contributed by atoms with Crippen molar-refractivity contribution in [3.8, 4) is 6.07 Å². The average molecular weight is 506 g/mol. The first-order valence-corrected chi connectivity index (χ1v) is 11.5. The molecule has 2 aromatic carbocycles. The lowest BCUT2D eigenvalue weighted by molar-refractivity contribution is -0.387. The quantitative estimate of drug-likeness (QED) is 0.266. The highest BCUT2D eigenvalue weighted by Gasteiger charge is 2.16. The molecule has 0 atom stereocenters. The molecule has 0 fully saturated rings. The van der Waals surface area contributed by atoms with Crippen LogP contribution in [0, 0.1) is 35.3 Å². The number of nitro benzene ring substituents is 1. The van der Waals surface area contributed by atoms with Gasteiger partial charge in [0.15, 0.2) is 0 Å². The highest BCUT2D eigenvalue weighted by molar-refractivity contribution is 7.99. The van der Waals surface area contributed by atoms with Gasteiger partial charge in [-0.1, -0.05) is 35.5 Å². The first kappa shape index (κ1) is 26.3. The van der Waals surface area contributed by atoms with Crippen LogP contribution < -0.4 is 11.0 Å². The second-order valence-corrected chi connectivity index (χ2v) is 8.93. The standard InChI is InChI=1S/C25H23N5O5S/c1-16-4-7-20(8-5-16)36-23-9-6-18(11-22(23)30(33)34)13-27-28-24(31)14-29-17(2)10-19(15-35-3)21(12-26)25(29)32/h4-11,13H,14-15H2,1-3H3,(H,28,31)/b27-13-. The van der Waals surface area contributed by atoms with Gasteiger partial charge < -0.3 is 9.30 Å². The molecule has 1 aromatic heterocycles. The normalized spacial score (nSPS) is 10.8. The molecule has 1 heterocycles. The molecule has 0 saturated heterocycles. The Morgan fingerprint density at radius 1 is 1.25 bits per heavy atom. The summed E-state index contributed by atoms with van der Waals surface area (Å²) in [7, 11) is 1.46. The Hall–Kier alpha value is -4.27. The van der Waals surface area contributed by atoms with Crippen LogP contribution in [0.5, 0.6) is 0 Å². The third-order valence-electron chi connectivity index (χ3n) is 5.13. The van der Waals surface area contributed by atoms with Gasteiger partial charge in [0.05, 0.1) is 22.6 Å². The van der Waals surface area contributed by atoms with Gasteiger partial charge in [0.25, 0.3) is 17.2 Å². The van der Waals surface area contributed by atoms with Crippen molar-refractivity contribution in [3.63, 3.8) is 0 Å². The van der Waals surface area contributed by atoms with Crippen LogP contribution in [0.25, 0.3) is 0 Å². The van der Waals surface area contributed by atoms with E-state index in [-0.39, 0.29) is 24.4 Å². The van der Waals surface area contributed by atoms with E-state index in [1.54, 1.807) is 25.1 Å². The molecule has 3 rings (SSSR count). The SMILES string of the molecule is COCc1cc(C)n(CC(=O)N/N=C\c2ccc(Sc3ccc(C)cc3)c([N+](=O)[O-])c2)c(=O)c1C#N. The Labute approximate surface area is 211 Å². The van der Waals surface area contributed by atoms with Crippen molar-refractivity contribution < 1.29 is 14.5 Å². The monoisotopic (exact) mass is 505 g/mol. The fraction of sp³-hybridized carbons (Fsp3) is 0.200. The van der Waals surface area contributed by atoms with Crippen LogP contribution in [0.15, 0.2) is 68.2 Å². The van der Waals surface area contributed by atoms with Crippen LogP contribution in [-0.4, -0.2) is 28.7 Å². The van der Waals surface area contributed by atoms with Gasteiger partial charge in [0.1, 0.15) is 18.2 Å². The predicted molar refractivity (Wildman–Crippen MR) is 135 cm³/mol. The highest BCUT2D eigenvalue weighted by atomic mass is 32.2. The van der Waals surface area contributed by atoms with Gasteiger partial charge in [-0.2, -0.15) is 10.4 Å². The average Bonchev–Trinajstić information content (AvgIpc) is 2.84. The van der Waals surface area contributed by atoms with E-state index in [1.165, 1.54) is 35.7 Å². The molecule has 0 aliphatic carbocycles. The maximum absolute atomic E-state index is 12.6. The molecule has 1 amide bonds. The first-order chi connectivity index (χ1) is 17.2. The van der Waals surface area contributed by atoms with Crippen LogP contribution >= 0.6 is 11.8 Å². The maximum atomic E-state index is 12.6. The third kappa shape index (κ3) is 6.44. The smallest absolute Gasteiger partial charge is 0.283 e. The first-order valence-electron chi connectivity index (χ1n) is 10.7. The minimum Gasteiger partial charge on any atom is -0.380 e. The second-order valence-electron chi connectivity index (χ2n) is 7.81. The Bertz CT molecular complexity index is 1420. The molecule has 36 heavy (non-hydrogen) atoms. The summed E-state index contributed by atoms with van der Waals surface area (Å²) < 4.78 is 6.19. The number of ether oxygens (including phenoxy) is 1. The van der Waals surface area contributed by atoms with Crippen LogP contribution in [-0.2, 0) is 22.7 Å². The molecule has 3 aromatic rings. The van der Waals surface area contributed by atoms with Crippen molar-refractivity contribution in [1.29, 1.82) is 5.26 Å². The fourth-order valence-electron chi connectivity index (χ4n) is 3.35. The van der Waals surface area contributed by atoms with Gasteiger partial charge in [-0.25, -0.2) is 5.43 Å². The van der Waals surface area contributed by atoms with E-state index >= 15 is 0 Å². The van der Waals surface area contributed by atoms with Crippen molar-refractivity contribution in [2.45, 2.75) is 36.8 Å². The summed E-state index contributed by atoms with van der Waals surface area (Å²) in [5, 5.41) is 24.8. The molecule has 184 valence electrons. The number of hydrogen-bond acceptors (Lipinski definition) is 8. The van der Waals surface area contributed by atoms with Crippen molar-refractivity contribution in [1.82, 2.24) is 9.99 Å². The number of rotatable bonds is 9. The van der Waals surface area contributed by atoms with E-state index in [0.717, 1.165) is 10.5 Å². The number of aromatic nitrogens is 1. The topological polar surface area (TPSA) is 140 Å². The van der Waals surface area contributed by atoms with Crippen LogP contribution in [0.4, 0.5) is 5.69 Å². The number of nitrogens with one attached hydrogen (secondary N) is 1. The molecule has 11 heteroatoms. The summed E-state index contributed by atoms with van der Waals surface area (Å²) in [6.07, 6.45) is 1.28. The van der Waals surface area contributed by atoms with E-state index in [2.05, 4.69) is 10.5 Å². The van der Waals surface area contributed by atoms with E-state index in [9.17, 15) is 25.0 Å². The van der Waals surface area contributed by atoms with Gasteiger partial charge in [-0.3, -0.25) is 19.7 Å². The van der Waals surface area contributed by atoms with Crippen LogP contribution in [0.3, 0.4) is 0 Å². The number of aryl methyl sites for hydroxylation is 2. The number of amides is 1. The summed E-state index contributed by atoms with van der Waals surface area (Å²) in [6.45, 7) is 3.36. The number of methoxy groups -OCH3 is 1. The Kier molecular flexibility index (Phi) is 8.72. The maximum Gasteiger partial charge on any atom is 0.283 e. The summed E-state index contributed by atoms with van der Waals surface area (Å²) in [6, 6.07) is 15.8. The summed E-state index contributed by atoms with van der Waals surface area (Å²) in [5.74, 6) is -0.596.